The van der Waals surface area contributed by atoms with Crippen LogP contribution in [0.3, 0.4) is 0 Å². The largest absolute Gasteiger partial charge is 0.465 e. The lowest BCUT2D eigenvalue weighted by Gasteiger charge is -2.69. The molecule has 18 heavy (non-hydrogen) atoms. The van der Waals surface area contributed by atoms with E-state index in [-0.39, 0.29) is 16.6 Å². The van der Waals surface area contributed by atoms with Gasteiger partial charge in [-0.15, -0.1) is 11.3 Å². The monoisotopic (exact) mass is 274 g/mol. The first kappa shape index (κ1) is 11.8. The van der Waals surface area contributed by atoms with E-state index in [9.17, 15) is 13.6 Å². The van der Waals surface area contributed by atoms with Crippen molar-refractivity contribution in [3.05, 3.63) is 16.1 Å². The van der Waals surface area contributed by atoms with Gasteiger partial charge in [-0.3, -0.25) is 0 Å². The summed E-state index contributed by atoms with van der Waals surface area (Å²) >= 11 is 1.25. The number of carbonyl (C=O) groups is 1. The number of alkyl halides is 2. The van der Waals surface area contributed by atoms with Crippen LogP contribution >= 0.6 is 11.3 Å². The van der Waals surface area contributed by atoms with E-state index in [0.29, 0.717) is 24.3 Å². The first-order chi connectivity index (χ1) is 8.25. The number of aromatic nitrogens is 1. The molecule has 1 aromatic rings. The molecule has 3 aliphatic rings. The Morgan fingerprint density at radius 3 is 2.61 bits per heavy atom. The van der Waals surface area contributed by atoms with Gasteiger partial charge in [0, 0.05) is 23.3 Å². The molecule has 0 atom stereocenters. The fourth-order valence-corrected chi connectivity index (χ4v) is 4.19. The van der Waals surface area contributed by atoms with Gasteiger partial charge >= 0.3 is 6.09 Å². The number of hydrogen-bond acceptors (Lipinski definition) is 3. The van der Waals surface area contributed by atoms with Gasteiger partial charge in [0.1, 0.15) is 5.69 Å². The number of nitrogens with one attached hydrogen (secondary N) is 1. The molecule has 3 saturated carbocycles. The van der Waals surface area contributed by atoms with Crippen LogP contribution in [0.5, 0.6) is 0 Å². The number of amides is 1. The number of hydrogen-bond donors (Lipinski definition) is 2. The average Bonchev–Trinajstić information content (AvgIpc) is 2.55. The molecule has 1 heterocycles. The second-order valence-electron chi connectivity index (χ2n) is 5.45. The van der Waals surface area contributed by atoms with Gasteiger partial charge in [-0.05, 0) is 19.3 Å². The van der Waals surface area contributed by atoms with Crippen molar-refractivity contribution in [2.75, 3.05) is 0 Å². The molecule has 1 aromatic heterocycles. The van der Waals surface area contributed by atoms with Crippen molar-refractivity contribution in [3.63, 3.8) is 0 Å². The SMILES string of the molecule is CC(F)(F)c1csc(C23CC(NC(=O)O)(C2)C3)n1. The van der Waals surface area contributed by atoms with Gasteiger partial charge in [0.25, 0.3) is 5.92 Å². The molecule has 0 aromatic carbocycles. The van der Waals surface area contributed by atoms with Crippen molar-refractivity contribution < 1.29 is 18.7 Å². The molecule has 4 rings (SSSR count). The second kappa shape index (κ2) is 3.20. The maximum Gasteiger partial charge on any atom is 0.405 e. The van der Waals surface area contributed by atoms with E-state index < -0.39 is 12.0 Å². The summed E-state index contributed by atoms with van der Waals surface area (Å²) < 4.78 is 26.2. The van der Waals surface area contributed by atoms with Crippen LogP contribution in [0.15, 0.2) is 5.38 Å². The first-order valence-corrected chi connectivity index (χ1v) is 6.48. The highest BCUT2D eigenvalue weighted by Crippen LogP contribution is 2.68. The van der Waals surface area contributed by atoms with Crippen LogP contribution in [0.4, 0.5) is 13.6 Å². The Morgan fingerprint density at radius 1 is 1.56 bits per heavy atom. The van der Waals surface area contributed by atoms with Gasteiger partial charge in [0.15, 0.2) is 0 Å². The topological polar surface area (TPSA) is 62.2 Å². The third-order valence-electron chi connectivity index (χ3n) is 3.81. The maximum absolute atomic E-state index is 13.1. The van der Waals surface area contributed by atoms with Crippen LogP contribution in [-0.4, -0.2) is 21.7 Å². The van der Waals surface area contributed by atoms with E-state index in [4.69, 9.17) is 5.11 Å². The first-order valence-electron chi connectivity index (χ1n) is 5.60. The Bertz CT molecular complexity index is 504. The molecule has 1 amide bonds. The summed E-state index contributed by atoms with van der Waals surface area (Å²) in [5.41, 5.74) is -0.671. The lowest BCUT2D eigenvalue weighted by Crippen LogP contribution is -2.76. The van der Waals surface area contributed by atoms with Crippen LogP contribution < -0.4 is 5.32 Å². The Morgan fingerprint density at radius 2 is 2.17 bits per heavy atom. The molecule has 7 heteroatoms. The lowest BCUT2D eigenvalue weighted by atomic mass is 9.39. The van der Waals surface area contributed by atoms with Crippen molar-refractivity contribution in [3.8, 4) is 0 Å². The van der Waals surface area contributed by atoms with Crippen molar-refractivity contribution in [2.24, 2.45) is 0 Å². The highest BCUT2D eigenvalue weighted by atomic mass is 32.1. The minimum atomic E-state index is -2.91. The van der Waals surface area contributed by atoms with E-state index in [2.05, 4.69) is 10.3 Å². The number of carboxylic acid groups (broad SMARTS) is 1. The molecule has 98 valence electrons. The van der Waals surface area contributed by atoms with Crippen molar-refractivity contribution in [1.29, 1.82) is 0 Å². The summed E-state index contributed by atoms with van der Waals surface area (Å²) in [5.74, 6) is -2.91. The van der Waals surface area contributed by atoms with E-state index in [1.165, 1.54) is 16.7 Å². The van der Waals surface area contributed by atoms with Crippen molar-refractivity contribution in [1.82, 2.24) is 10.3 Å². The summed E-state index contributed by atoms with van der Waals surface area (Å²) in [7, 11) is 0. The quantitative estimate of drug-likeness (QED) is 0.890. The smallest absolute Gasteiger partial charge is 0.405 e. The van der Waals surface area contributed by atoms with Crippen molar-refractivity contribution in [2.45, 2.75) is 43.1 Å². The molecule has 0 radical (unpaired) electrons. The second-order valence-corrected chi connectivity index (χ2v) is 6.31. The molecular weight excluding hydrogens is 262 g/mol. The van der Waals surface area contributed by atoms with Gasteiger partial charge in [-0.2, -0.15) is 8.78 Å². The fraction of sp³-hybridized carbons (Fsp3) is 0.636. The van der Waals surface area contributed by atoms with E-state index in [0.717, 1.165) is 6.92 Å². The number of thiazole rings is 1. The molecule has 4 nitrogen and oxygen atoms in total. The van der Waals surface area contributed by atoms with E-state index in [1.807, 2.05) is 0 Å². The molecule has 0 spiro atoms. The standard InChI is InChI=1S/C11H12F2N2O2S/c1-9(12,13)6-2-18-7(14-6)10-3-11(4-10,5-10)15-8(16)17/h2,15H,3-5H2,1H3,(H,16,17). The van der Waals surface area contributed by atoms with Crippen LogP contribution in [0.1, 0.15) is 36.9 Å². The van der Waals surface area contributed by atoms with Gasteiger partial charge in [-0.1, -0.05) is 0 Å². The maximum atomic E-state index is 13.1. The van der Waals surface area contributed by atoms with Crippen LogP contribution in [-0.2, 0) is 11.3 Å². The van der Waals surface area contributed by atoms with E-state index in [1.54, 1.807) is 0 Å². The zero-order valence-electron chi connectivity index (χ0n) is 9.67. The third kappa shape index (κ3) is 1.53. The molecule has 0 saturated heterocycles. The zero-order chi connectivity index (χ0) is 13.2. The Hall–Kier alpha value is -1.24. The average molecular weight is 274 g/mol. The molecule has 3 aliphatic carbocycles. The minimum absolute atomic E-state index is 0.156. The molecule has 0 aliphatic heterocycles. The molecule has 0 unspecified atom stereocenters. The van der Waals surface area contributed by atoms with Crippen LogP contribution in [0.2, 0.25) is 0 Å². The predicted octanol–water partition coefficient (Wildman–Crippen LogP) is 2.70. The summed E-state index contributed by atoms with van der Waals surface area (Å²) in [6.07, 6.45) is 1.00. The zero-order valence-corrected chi connectivity index (χ0v) is 10.5. The fourth-order valence-electron chi connectivity index (χ4n) is 3.09. The summed E-state index contributed by atoms with van der Waals surface area (Å²) in [6, 6.07) is 0. The van der Waals surface area contributed by atoms with Crippen LogP contribution in [0, 0.1) is 0 Å². The van der Waals surface area contributed by atoms with Crippen LogP contribution in [0.25, 0.3) is 0 Å². The Labute approximate surface area is 106 Å². The normalized spacial score (nSPS) is 33.5. The predicted molar refractivity (Wildman–Crippen MR) is 61.1 cm³/mol. The number of nitrogens with zero attached hydrogens (tertiary/aromatic N) is 1. The third-order valence-corrected chi connectivity index (χ3v) is 4.90. The van der Waals surface area contributed by atoms with Gasteiger partial charge in [-0.25, -0.2) is 9.78 Å². The highest BCUT2D eigenvalue weighted by molar-refractivity contribution is 7.09. The highest BCUT2D eigenvalue weighted by Gasteiger charge is 2.70. The molecule has 2 bridgehead atoms. The van der Waals surface area contributed by atoms with E-state index >= 15 is 0 Å². The summed E-state index contributed by atoms with van der Waals surface area (Å²) in [5, 5.41) is 13.3. The van der Waals surface area contributed by atoms with Gasteiger partial charge in [0.2, 0.25) is 0 Å². The Kier molecular flexibility index (Phi) is 2.10. The summed E-state index contributed by atoms with van der Waals surface area (Å²) in [6.45, 7) is 0.835. The number of halogens is 2. The lowest BCUT2D eigenvalue weighted by molar-refractivity contribution is -0.0827. The molecule has 3 fully saturated rings. The van der Waals surface area contributed by atoms with Crippen molar-refractivity contribution >= 4 is 17.4 Å². The number of rotatable bonds is 3. The molecular formula is C11H12F2N2O2S. The summed E-state index contributed by atoms with van der Waals surface area (Å²) in [4.78, 5) is 14.6. The Balaban J connectivity index is 1.73. The molecule has 2 N–H and O–H groups in total. The van der Waals surface area contributed by atoms with Gasteiger partial charge < -0.3 is 10.4 Å². The minimum Gasteiger partial charge on any atom is -0.465 e. The van der Waals surface area contributed by atoms with Gasteiger partial charge in [0.05, 0.1) is 5.01 Å².